The predicted octanol–water partition coefficient (Wildman–Crippen LogP) is 1.74. The number of rotatable bonds is 4. The number of fused-ring (bicyclic) bond motifs is 1. The highest BCUT2D eigenvalue weighted by Gasteiger charge is 2.32. The lowest BCUT2D eigenvalue weighted by molar-refractivity contribution is -0.141. The van der Waals surface area contributed by atoms with E-state index in [0.717, 1.165) is 6.07 Å². The van der Waals surface area contributed by atoms with E-state index in [-0.39, 0.29) is 24.2 Å². The highest BCUT2D eigenvalue weighted by molar-refractivity contribution is 6.03. The molecular formula is C14H11F3N6O. The van der Waals surface area contributed by atoms with Gasteiger partial charge in [0.1, 0.15) is 11.2 Å². The topological polar surface area (TPSA) is 96.5 Å². The standard InChI is InChI=1S/C14H11F3N6O/c15-14(16,17)10-3-1-2-8(20-10)4-6-19-13(24)9-5-7-18-12-11(9)21-23-22-12/h1-3,5,7H,4,6H2,(H,19,24)(H,18,21,22,23). The number of aromatic amines is 1. The minimum Gasteiger partial charge on any atom is -0.352 e. The Morgan fingerprint density at radius 3 is 2.83 bits per heavy atom. The van der Waals surface area contributed by atoms with Crippen molar-refractivity contribution in [1.82, 2.24) is 30.7 Å². The number of amides is 1. The van der Waals surface area contributed by atoms with Gasteiger partial charge in [-0.3, -0.25) is 4.79 Å². The molecule has 0 aromatic carbocycles. The van der Waals surface area contributed by atoms with E-state index in [2.05, 4.69) is 30.7 Å². The van der Waals surface area contributed by atoms with Gasteiger partial charge in [0.15, 0.2) is 0 Å². The first-order chi connectivity index (χ1) is 11.4. The Bertz CT molecular complexity index is 876. The average molecular weight is 336 g/mol. The van der Waals surface area contributed by atoms with Gasteiger partial charge in [0, 0.05) is 24.9 Å². The maximum Gasteiger partial charge on any atom is 0.433 e. The molecule has 0 aliphatic heterocycles. The van der Waals surface area contributed by atoms with Crippen molar-refractivity contribution in [1.29, 1.82) is 0 Å². The van der Waals surface area contributed by atoms with E-state index >= 15 is 0 Å². The first kappa shape index (κ1) is 15.8. The quantitative estimate of drug-likeness (QED) is 0.756. The zero-order chi connectivity index (χ0) is 17.2. The van der Waals surface area contributed by atoms with Crippen molar-refractivity contribution >= 4 is 17.1 Å². The summed E-state index contributed by atoms with van der Waals surface area (Å²) in [5.41, 5.74) is 0.205. The maximum atomic E-state index is 12.6. The molecule has 2 N–H and O–H groups in total. The van der Waals surface area contributed by atoms with Gasteiger partial charge in [0.25, 0.3) is 5.91 Å². The molecule has 24 heavy (non-hydrogen) atoms. The van der Waals surface area contributed by atoms with Crippen LogP contribution in [-0.2, 0) is 12.6 Å². The Kier molecular flexibility index (Phi) is 4.11. The molecule has 0 unspecified atom stereocenters. The fraction of sp³-hybridized carbons (Fsp3) is 0.214. The van der Waals surface area contributed by atoms with E-state index in [9.17, 15) is 18.0 Å². The molecule has 0 saturated heterocycles. The summed E-state index contributed by atoms with van der Waals surface area (Å²) >= 11 is 0. The summed E-state index contributed by atoms with van der Waals surface area (Å²) in [7, 11) is 0. The second-order valence-corrected chi connectivity index (χ2v) is 4.87. The molecule has 0 fully saturated rings. The number of pyridine rings is 2. The number of nitrogens with zero attached hydrogens (tertiary/aromatic N) is 4. The summed E-state index contributed by atoms with van der Waals surface area (Å²) < 4.78 is 37.8. The van der Waals surface area contributed by atoms with Crippen LogP contribution in [0.3, 0.4) is 0 Å². The highest BCUT2D eigenvalue weighted by atomic mass is 19.4. The Balaban J connectivity index is 1.64. The van der Waals surface area contributed by atoms with Gasteiger partial charge in [0.05, 0.1) is 5.56 Å². The number of halogens is 3. The fourth-order valence-electron chi connectivity index (χ4n) is 2.12. The third-order valence-corrected chi connectivity index (χ3v) is 3.23. The lowest BCUT2D eigenvalue weighted by atomic mass is 10.2. The van der Waals surface area contributed by atoms with Crippen LogP contribution in [0.1, 0.15) is 21.7 Å². The third-order valence-electron chi connectivity index (χ3n) is 3.23. The zero-order valence-electron chi connectivity index (χ0n) is 12.1. The summed E-state index contributed by atoms with van der Waals surface area (Å²) in [5, 5.41) is 12.6. The van der Waals surface area contributed by atoms with Gasteiger partial charge in [-0.05, 0) is 18.2 Å². The predicted molar refractivity (Wildman–Crippen MR) is 77.0 cm³/mol. The van der Waals surface area contributed by atoms with Crippen molar-refractivity contribution in [2.75, 3.05) is 6.54 Å². The molecule has 3 aromatic heterocycles. The first-order valence-electron chi connectivity index (χ1n) is 6.92. The molecule has 0 radical (unpaired) electrons. The van der Waals surface area contributed by atoms with Crippen molar-refractivity contribution in [2.24, 2.45) is 0 Å². The fourth-order valence-corrected chi connectivity index (χ4v) is 2.12. The number of hydrogen-bond acceptors (Lipinski definition) is 5. The van der Waals surface area contributed by atoms with E-state index in [1.54, 1.807) is 0 Å². The Morgan fingerprint density at radius 1 is 1.21 bits per heavy atom. The van der Waals surface area contributed by atoms with Crippen molar-refractivity contribution in [3.05, 3.63) is 47.4 Å². The van der Waals surface area contributed by atoms with E-state index < -0.39 is 17.8 Å². The summed E-state index contributed by atoms with van der Waals surface area (Å²) in [6.45, 7) is 0.134. The van der Waals surface area contributed by atoms with Gasteiger partial charge in [-0.2, -0.15) is 23.5 Å². The SMILES string of the molecule is O=C(NCCc1cccc(C(F)(F)F)n1)c1ccnc2n[nH]nc12. The molecule has 3 rings (SSSR count). The van der Waals surface area contributed by atoms with E-state index in [4.69, 9.17) is 0 Å². The van der Waals surface area contributed by atoms with Gasteiger partial charge in [-0.25, -0.2) is 9.97 Å². The molecule has 0 atom stereocenters. The number of alkyl halides is 3. The molecule has 0 aliphatic rings. The van der Waals surface area contributed by atoms with Gasteiger partial charge in [-0.1, -0.05) is 6.07 Å². The highest BCUT2D eigenvalue weighted by Crippen LogP contribution is 2.27. The number of H-pyrrole nitrogens is 1. The molecule has 124 valence electrons. The molecule has 1 amide bonds. The van der Waals surface area contributed by atoms with Crippen LogP contribution in [0.5, 0.6) is 0 Å². The molecular weight excluding hydrogens is 325 g/mol. The molecule has 0 bridgehead atoms. The Morgan fingerprint density at radius 2 is 2.04 bits per heavy atom. The second-order valence-electron chi connectivity index (χ2n) is 4.87. The number of carbonyl (C=O) groups is 1. The molecule has 0 saturated carbocycles. The van der Waals surface area contributed by atoms with Crippen molar-refractivity contribution < 1.29 is 18.0 Å². The van der Waals surface area contributed by atoms with Crippen LogP contribution in [0.15, 0.2) is 30.5 Å². The summed E-state index contributed by atoms with van der Waals surface area (Å²) in [6.07, 6.45) is -2.90. The van der Waals surface area contributed by atoms with Crippen LogP contribution in [0.4, 0.5) is 13.2 Å². The second kappa shape index (κ2) is 6.22. The zero-order valence-corrected chi connectivity index (χ0v) is 12.1. The lowest BCUT2D eigenvalue weighted by Crippen LogP contribution is -2.26. The number of hydrogen-bond donors (Lipinski definition) is 2. The normalized spacial score (nSPS) is 11.6. The van der Waals surface area contributed by atoms with Crippen LogP contribution < -0.4 is 5.32 Å². The molecule has 7 nitrogen and oxygen atoms in total. The van der Waals surface area contributed by atoms with Crippen molar-refractivity contribution in [3.63, 3.8) is 0 Å². The number of carbonyl (C=O) groups excluding carboxylic acids is 1. The largest absolute Gasteiger partial charge is 0.433 e. The summed E-state index contributed by atoms with van der Waals surface area (Å²) in [5.74, 6) is -0.414. The Labute approximate surface area is 133 Å². The molecule has 10 heteroatoms. The van der Waals surface area contributed by atoms with Crippen LogP contribution >= 0.6 is 0 Å². The summed E-state index contributed by atoms with van der Waals surface area (Å²) in [6, 6.07) is 5.15. The van der Waals surface area contributed by atoms with E-state index in [0.29, 0.717) is 11.2 Å². The summed E-state index contributed by atoms with van der Waals surface area (Å²) in [4.78, 5) is 19.6. The first-order valence-corrected chi connectivity index (χ1v) is 6.92. The number of aromatic nitrogens is 5. The van der Waals surface area contributed by atoms with Gasteiger partial charge in [0.2, 0.25) is 5.65 Å². The smallest absolute Gasteiger partial charge is 0.352 e. The minimum absolute atomic E-state index is 0.134. The van der Waals surface area contributed by atoms with Crippen LogP contribution in [-0.4, -0.2) is 37.8 Å². The molecule has 0 aliphatic carbocycles. The van der Waals surface area contributed by atoms with Crippen LogP contribution in [0, 0.1) is 0 Å². The molecule has 0 spiro atoms. The number of nitrogens with one attached hydrogen (secondary N) is 2. The average Bonchev–Trinajstić information content (AvgIpc) is 3.02. The van der Waals surface area contributed by atoms with Gasteiger partial charge < -0.3 is 5.32 Å². The molecule has 3 heterocycles. The van der Waals surface area contributed by atoms with Crippen LogP contribution in [0.25, 0.3) is 11.2 Å². The maximum absolute atomic E-state index is 12.6. The Hall–Kier alpha value is -3.04. The van der Waals surface area contributed by atoms with E-state index in [1.165, 1.54) is 24.4 Å². The van der Waals surface area contributed by atoms with Crippen LogP contribution in [0.2, 0.25) is 0 Å². The van der Waals surface area contributed by atoms with Gasteiger partial charge >= 0.3 is 6.18 Å². The van der Waals surface area contributed by atoms with Crippen molar-refractivity contribution in [3.8, 4) is 0 Å². The minimum atomic E-state index is -4.49. The van der Waals surface area contributed by atoms with Gasteiger partial charge in [-0.15, -0.1) is 5.10 Å². The van der Waals surface area contributed by atoms with E-state index in [1.807, 2.05) is 0 Å². The lowest BCUT2D eigenvalue weighted by Gasteiger charge is -2.08. The van der Waals surface area contributed by atoms with Crippen molar-refractivity contribution in [2.45, 2.75) is 12.6 Å². The third kappa shape index (κ3) is 3.31. The molecule has 3 aromatic rings. The monoisotopic (exact) mass is 336 g/mol.